The predicted molar refractivity (Wildman–Crippen MR) is 110 cm³/mol. The highest BCUT2D eigenvalue weighted by atomic mass is 19.4. The maximum absolute atomic E-state index is 12.9. The van der Waals surface area contributed by atoms with E-state index in [0.717, 1.165) is 54.9 Å². The number of alkyl halides is 3. The summed E-state index contributed by atoms with van der Waals surface area (Å²) < 4.78 is 38.8. The van der Waals surface area contributed by atoms with Gasteiger partial charge in [0.15, 0.2) is 0 Å². The molecular formula is C24H22F3NO. The van der Waals surface area contributed by atoms with Crippen LogP contribution in [0.5, 0.6) is 5.75 Å². The highest BCUT2D eigenvalue weighted by Crippen LogP contribution is 2.32. The van der Waals surface area contributed by atoms with Gasteiger partial charge in [-0.25, -0.2) is 0 Å². The highest BCUT2D eigenvalue weighted by Gasteiger charge is 2.30. The average molecular weight is 397 g/mol. The normalized spacial score (nSPS) is 15.5. The van der Waals surface area contributed by atoms with E-state index in [1.807, 2.05) is 18.2 Å². The Hall–Kier alpha value is -2.79. The molecule has 0 unspecified atom stereocenters. The van der Waals surface area contributed by atoms with Crippen molar-refractivity contribution in [2.75, 3.05) is 19.6 Å². The van der Waals surface area contributed by atoms with Crippen LogP contribution in [-0.2, 0) is 12.6 Å². The summed E-state index contributed by atoms with van der Waals surface area (Å²) >= 11 is 0. The smallest absolute Gasteiger partial charge is 0.416 e. The lowest BCUT2D eigenvalue weighted by Crippen LogP contribution is -2.30. The molecule has 3 aromatic rings. The Morgan fingerprint density at radius 3 is 2.48 bits per heavy atom. The molecule has 5 heteroatoms. The van der Waals surface area contributed by atoms with Crippen molar-refractivity contribution in [1.29, 1.82) is 0 Å². The lowest BCUT2D eigenvalue weighted by Gasteiger charge is -2.26. The van der Waals surface area contributed by atoms with E-state index in [0.29, 0.717) is 5.56 Å². The Bertz CT molecular complexity index is 1060. The number of nitrogens with zero attached hydrogens (tertiary/aromatic N) is 1. The zero-order valence-electron chi connectivity index (χ0n) is 15.9. The first-order valence-corrected chi connectivity index (χ1v) is 9.69. The Balaban J connectivity index is 1.38. The van der Waals surface area contributed by atoms with E-state index in [1.54, 1.807) is 18.2 Å². The molecule has 0 radical (unpaired) electrons. The average Bonchev–Trinajstić information content (AvgIpc) is 2.72. The van der Waals surface area contributed by atoms with Gasteiger partial charge in [-0.05, 0) is 64.6 Å². The minimum absolute atomic E-state index is 0.266. The number of hydrogen-bond donors (Lipinski definition) is 1. The van der Waals surface area contributed by atoms with E-state index in [2.05, 4.69) is 17.0 Å². The van der Waals surface area contributed by atoms with Crippen LogP contribution >= 0.6 is 0 Å². The molecule has 0 atom stereocenters. The van der Waals surface area contributed by atoms with Gasteiger partial charge in [0.25, 0.3) is 0 Å². The van der Waals surface area contributed by atoms with Gasteiger partial charge in [0, 0.05) is 19.6 Å². The Labute approximate surface area is 167 Å². The van der Waals surface area contributed by atoms with Crippen LogP contribution in [0.15, 0.2) is 66.7 Å². The van der Waals surface area contributed by atoms with Crippen LogP contribution in [-0.4, -0.2) is 29.6 Å². The molecule has 1 N–H and O–H groups in total. The lowest BCUT2D eigenvalue weighted by molar-refractivity contribution is -0.137. The van der Waals surface area contributed by atoms with Gasteiger partial charge in [0.05, 0.1) is 5.56 Å². The fraction of sp³-hybridized carbons (Fsp3) is 0.250. The monoisotopic (exact) mass is 397 g/mol. The quantitative estimate of drug-likeness (QED) is 0.593. The van der Waals surface area contributed by atoms with Crippen LogP contribution in [0.25, 0.3) is 16.3 Å². The second-order valence-corrected chi connectivity index (χ2v) is 7.47. The van der Waals surface area contributed by atoms with Crippen molar-refractivity contribution in [3.8, 4) is 5.75 Å². The molecular weight excluding hydrogens is 375 g/mol. The number of phenols is 1. The van der Waals surface area contributed by atoms with E-state index >= 15 is 0 Å². The first-order chi connectivity index (χ1) is 13.9. The van der Waals surface area contributed by atoms with E-state index in [4.69, 9.17) is 0 Å². The van der Waals surface area contributed by atoms with Crippen molar-refractivity contribution in [3.05, 3.63) is 83.4 Å². The fourth-order valence-corrected chi connectivity index (χ4v) is 3.80. The minimum atomic E-state index is -4.31. The van der Waals surface area contributed by atoms with Crippen LogP contribution in [0, 0.1) is 0 Å². The summed E-state index contributed by atoms with van der Waals surface area (Å²) in [5, 5.41) is 11.7. The van der Waals surface area contributed by atoms with Gasteiger partial charge in [-0.15, -0.1) is 0 Å². The van der Waals surface area contributed by atoms with E-state index in [1.165, 1.54) is 17.7 Å². The number of benzene rings is 3. The van der Waals surface area contributed by atoms with Gasteiger partial charge in [0.2, 0.25) is 0 Å². The summed E-state index contributed by atoms with van der Waals surface area (Å²) in [4.78, 5) is 2.32. The lowest BCUT2D eigenvalue weighted by atomic mass is 9.97. The first kappa shape index (κ1) is 19.5. The zero-order chi connectivity index (χ0) is 20.4. The van der Waals surface area contributed by atoms with Gasteiger partial charge in [-0.1, -0.05) is 42.5 Å². The van der Waals surface area contributed by atoms with E-state index in [9.17, 15) is 18.3 Å². The standard InChI is InChI=1S/C24H22F3NO/c25-24(26,27)22-3-1-2-19(15-22)18-9-12-28(13-10-18)11-8-17-4-5-21-16-23(29)7-6-20(21)14-17/h1-7,9,14-16,29H,8,10-13H2. The second-order valence-electron chi connectivity index (χ2n) is 7.47. The zero-order valence-corrected chi connectivity index (χ0v) is 15.9. The topological polar surface area (TPSA) is 23.5 Å². The number of fused-ring (bicyclic) bond motifs is 1. The van der Waals surface area contributed by atoms with Gasteiger partial charge in [0.1, 0.15) is 5.75 Å². The van der Waals surface area contributed by atoms with Gasteiger partial charge in [-0.3, -0.25) is 4.90 Å². The summed E-state index contributed by atoms with van der Waals surface area (Å²) in [7, 11) is 0. The number of phenolic OH excluding ortho intramolecular Hbond substituents is 1. The maximum Gasteiger partial charge on any atom is 0.416 e. The third-order valence-corrected chi connectivity index (χ3v) is 5.46. The van der Waals surface area contributed by atoms with Crippen molar-refractivity contribution in [1.82, 2.24) is 4.90 Å². The van der Waals surface area contributed by atoms with Crippen molar-refractivity contribution in [2.24, 2.45) is 0 Å². The van der Waals surface area contributed by atoms with Crippen molar-refractivity contribution in [3.63, 3.8) is 0 Å². The molecule has 2 nitrogen and oxygen atoms in total. The molecule has 1 aliphatic rings. The largest absolute Gasteiger partial charge is 0.508 e. The summed E-state index contributed by atoms with van der Waals surface area (Å²) in [6.07, 6.45) is -0.611. The molecule has 0 bridgehead atoms. The SMILES string of the molecule is Oc1ccc2cc(CCN3CC=C(c4cccc(C(F)(F)F)c4)CC3)ccc2c1. The van der Waals surface area contributed by atoms with Crippen LogP contribution in [0.2, 0.25) is 0 Å². The number of hydrogen-bond acceptors (Lipinski definition) is 2. The fourth-order valence-electron chi connectivity index (χ4n) is 3.80. The third kappa shape index (κ3) is 4.62. The summed E-state index contributed by atoms with van der Waals surface area (Å²) in [6, 6.07) is 17.2. The van der Waals surface area contributed by atoms with E-state index < -0.39 is 11.7 Å². The molecule has 0 saturated carbocycles. The molecule has 0 saturated heterocycles. The maximum atomic E-state index is 12.9. The van der Waals surface area contributed by atoms with Gasteiger partial charge in [-0.2, -0.15) is 13.2 Å². The van der Waals surface area contributed by atoms with Gasteiger partial charge < -0.3 is 5.11 Å². The van der Waals surface area contributed by atoms with E-state index in [-0.39, 0.29) is 5.75 Å². The molecule has 1 aliphatic heterocycles. The molecule has 1 heterocycles. The number of halogens is 3. The summed E-state index contributed by atoms with van der Waals surface area (Å²) in [5.41, 5.74) is 2.29. The minimum Gasteiger partial charge on any atom is -0.508 e. The van der Waals surface area contributed by atoms with Crippen LogP contribution in [0.1, 0.15) is 23.1 Å². The summed E-state index contributed by atoms with van der Waals surface area (Å²) in [5.74, 6) is 0.266. The first-order valence-electron chi connectivity index (χ1n) is 9.69. The van der Waals surface area contributed by atoms with Crippen LogP contribution < -0.4 is 0 Å². The van der Waals surface area contributed by atoms with Crippen molar-refractivity contribution in [2.45, 2.75) is 19.0 Å². The number of rotatable bonds is 4. The molecule has 29 heavy (non-hydrogen) atoms. The molecule has 0 spiro atoms. The Morgan fingerprint density at radius 1 is 0.931 bits per heavy atom. The molecule has 150 valence electrons. The Morgan fingerprint density at radius 2 is 1.72 bits per heavy atom. The number of aromatic hydroxyl groups is 1. The second kappa shape index (κ2) is 7.91. The molecule has 0 aromatic heterocycles. The van der Waals surface area contributed by atoms with Gasteiger partial charge >= 0.3 is 6.18 Å². The highest BCUT2D eigenvalue weighted by molar-refractivity contribution is 5.84. The third-order valence-electron chi connectivity index (χ3n) is 5.46. The molecule has 3 aromatic carbocycles. The summed E-state index contributed by atoms with van der Waals surface area (Å²) in [6.45, 7) is 2.48. The van der Waals surface area contributed by atoms with Crippen molar-refractivity contribution < 1.29 is 18.3 Å². The molecule has 0 aliphatic carbocycles. The molecule has 4 rings (SSSR count). The Kier molecular flexibility index (Phi) is 5.33. The van der Waals surface area contributed by atoms with Crippen molar-refractivity contribution >= 4 is 16.3 Å². The predicted octanol–water partition coefficient (Wildman–Crippen LogP) is 5.90. The van der Waals surface area contributed by atoms with Crippen LogP contribution in [0.4, 0.5) is 13.2 Å². The molecule has 0 amide bonds. The van der Waals surface area contributed by atoms with Crippen LogP contribution in [0.3, 0.4) is 0 Å². The molecule has 0 fully saturated rings.